The van der Waals surface area contributed by atoms with E-state index in [2.05, 4.69) is 6.92 Å². The smallest absolute Gasteiger partial charge is 0.0619 e. The first-order chi connectivity index (χ1) is 6.29. The van der Waals surface area contributed by atoms with Gasteiger partial charge < -0.3 is 15.6 Å². The lowest BCUT2D eigenvalue weighted by atomic mass is 9.88. The van der Waals surface area contributed by atoms with Crippen molar-refractivity contribution in [1.29, 1.82) is 0 Å². The van der Waals surface area contributed by atoms with E-state index in [1.807, 2.05) is 0 Å². The van der Waals surface area contributed by atoms with E-state index < -0.39 is 0 Å². The fraction of sp³-hybridized carbons (Fsp3) is 1.00. The second kappa shape index (κ2) is 5.58. The summed E-state index contributed by atoms with van der Waals surface area (Å²) in [4.78, 5) is 0. The maximum absolute atomic E-state index is 8.93. The predicted molar refractivity (Wildman–Crippen MR) is 52.4 cm³/mol. The molecule has 0 aromatic carbocycles. The van der Waals surface area contributed by atoms with Crippen molar-refractivity contribution >= 4 is 0 Å². The molecular formula is C10H21NO2. The van der Waals surface area contributed by atoms with Crippen molar-refractivity contribution in [2.75, 3.05) is 13.2 Å². The van der Waals surface area contributed by atoms with Crippen LogP contribution in [0.25, 0.3) is 0 Å². The Morgan fingerprint density at radius 2 is 2.38 bits per heavy atom. The molecule has 1 fully saturated rings. The van der Waals surface area contributed by atoms with Crippen LogP contribution in [-0.4, -0.2) is 30.5 Å². The summed E-state index contributed by atoms with van der Waals surface area (Å²) in [5.41, 5.74) is 5.99. The summed E-state index contributed by atoms with van der Waals surface area (Å²) in [5, 5.41) is 8.93. The van der Waals surface area contributed by atoms with Crippen LogP contribution in [-0.2, 0) is 4.74 Å². The molecule has 78 valence electrons. The topological polar surface area (TPSA) is 55.5 Å². The molecule has 0 amide bonds. The van der Waals surface area contributed by atoms with Gasteiger partial charge in [0.25, 0.3) is 0 Å². The van der Waals surface area contributed by atoms with E-state index >= 15 is 0 Å². The van der Waals surface area contributed by atoms with E-state index in [1.54, 1.807) is 0 Å². The van der Waals surface area contributed by atoms with Crippen LogP contribution in [0.3, 0.4) is 0 Å². The van der Waals surface area contributed by atoms with Gasteiger partial charge in [-0.15, -0.1) is 0 Å². The first-order valence-corrected chi connectivity index (χ1v) is 5.27. The quantitative estimate of drug-likeness (QED) is 0.672. The molecule has 13 heavy (non-hydrogen) atoms. The molecule has 0 bridgehead atoms. The average Bonchev–Trinajstić information content (AvgIpc) is 2.65. The minimum atomic E-state index is 0.176. The number of nitrogens with two attached hydrogens (primary N) is 1. The third-order valence-corrected chi connectivity index (χ3v) is 2.93. The molecule has 1 rings (SSSR count). The van der Waals surface area contributed by atoms with Gasteiger partial charge in [0.1, 0.15) is 0 Å². The third kappa shape index (κ3) is 2.93. The van der Waals surface area contributed by atoms with Gasteiger partial charge in [-0.3, -0.25) is 0 Å². The maximum Gasteiger partial charge on any atom is 0.0619 e. The number of hydrogen-bond donors (Lipinski definition) is 2. The molecule has 3 atom stereocenters. The lowest BCUT2D eigenvalue weighted by Gasteiger charge is -2.27. The lowest BCUT2D eigenvalue weighted by Crippen LogP contribution is -2.38. The van der Waals surface area contributed by atoms with E-state index in [0.717, 1.165) is 32.3 Å². The van der Waals surface area contributed by atoms with Crippen molar-refractivity contribution in [3.8, 4) is 0 Å². The number of hydrogen-bond acceptors (Lipinski definition) is 3. The molecule has 3 N–H and O–H groups in total. The summed E-state index contributed by atoms with van der Waals surface area (Å²) < 4.78 is 5.60. The van der Waals surface area contributed by atoms with Crippen LogP contribution in [0, 0.1) is 5.92 Å². The van der Waals surface area contributed by atoms with Crippen molar-refractivity contribution in [3.63, 3.8) is 0 Å². The standard InChI is InChI=1S/C10H21NO2/c1-2-9(11)8(5-6-12)10-4-3-7-13-10/h8-10,12H,2-7,11H2,1H3. The lowest BCUT2D eigenvalue weighted by molar-refractivity contribution is 0.0406. The van der Waals surface area contributed by atoms with Crippen molar-refractivity contribution in [2.24, 2.45) is 11.7 Å². The highest BCUT2D eigenvalue weighted by Gasteiger charge is 2.29. The molecular weight excluding hydrogens is 166 g/mol. The second-order valence-corrected chi connectivity index (χ2v) is 3.80. The van der Waals surface area contributed by atoms with Gasteiger partial charge >= 0.3 is 0 Å². The van der Waals surface area contributed by atoms with E-state index in [-0.39, 0.29) is 12.6 Å². The summed E-state index contributed by atoms with van der Waals surface area (Å²) in [6.07, 6.45) is 4.29. The van der Waals surface area contributed by atoms with Crippen molar-refractivity contribution in [2.45, 2.75) is 44.8 Å². The van der Waals surface area contributed by atoms with Crippen LogP contribution in [0.4, 0.5) is 0 Å². The Morgan fingerprint density at radius 1 is 1.62 bits per heavy atom. The summed E-state index contributed by atoms with van der Waals surface area (Å²) in [6, 6.07) is 0.176. The largest absolute Gasteiger partial charge is 0.396 e. The molecule has 1 aliphatic heterocycles. The minimum absolute atomic E-state index is 0.176. The van der Waals surface area contributed by atoms with Gasteiger partial charge in [0, 0.05) is 25.2 Å². The van der Waals surface area contributed by atoms with E-state index in [4.69, 9.17) is 15.6 Å². The maximum atomic E-state index is 8.93. The van der Waals surface area contributed by atoms with Crippen LogP contribution in [0.15, 0.2) is 0 Å². The van der Waals surface area contributed by atoms with Crippen molar-refractivity contribution < 1.29 is 9.84 Å². The zero-order chi connectivity index (χ0) is 9.68. The van der Waals surface area contributed by atoms with E-state index in [0.29, 0.717) is 12.0 Å². The fourth-order valence-corrected chi connectivity index (χ4v) is 2.07. The minimum Gasteiger partial charge on any atom is -0.396 e. The summed E-state index contributed by atoms with van der Waals surface area (Å²) in [7, 11) is 0. The normalized spacial score (nSPS) is 27.5. The zero-order valence-electron chi connectivity index (χ0n) is 8.41. The Bertz CT molecular complexity index is 135. The average molecular weight is 187 g/mol. The summed E-state index contributed by atoms with van der Waals surface area (Å²) >= 11 is 0. The molecule has 1 saturated heterocycles. The fourth-order valence-electron chi connectivity index (χ4n) is 2.07. The molecule has 0 spiro atoms. The van der Waals surface area contributed by atoms with E-state index in [1.165, 1.54) is 0 Å². The monoisotopic (exact) mass is 187 g/mol. The van der Waals surface area contributed by atoms with Gasteiger partial charge in [-0.25, -0.2) is 0 Å². The van der Waals surface area contributed by atoms with Gasteiger partial charge in [0.05, 0.1) is 6.10 Å². The molecule has 0 aromatic heterocycles. The van der Waals surface area contributed by atoms with Crippen molar-refractivity contribution in [3.05, 3.63) is 0 Å². The van der Waals surface area contributed by atoms with Gasteiger partial charge in [-0.2, -0.15) is 0 Å². The highest BCUT2D eigenvalue weighted by atomic mass is 16.5. The molecule has 3 heteroatoms. The van der Waals surface area contributed by atoms with Crippen LogP contribution in [0.5, 0.6) is 0 Å². The molecule has 1 heterocycles. The second-order valence-electron chi connectivity index (χ2n) is 3.80. The molecule has 0 saturated carbocycles. The van der Waals surface area contributed by atoms with Crippen molar-refractivity contribution in [1.82, 2.24) is 0 Å². The molecule has 0 aromatic rings. The highest BCUT2D eigenvalue weighted by molar-refractivity contribution is 4.81. The zero-order valence-corrected chi connectivity index (χ0v) is 8.41. The Kier molecular flexibility index (Phi) is 4.70. The highest BCUT2D eigenvalue weighted by Crippen LogP contribution is 2.25. The predicted octanol–water partition coefficient (Wildman–Crippen LogP) is 0.901. The molecule has 0 aliphatic carbocycles. The first kappa shape index (κ1) is 11.0. The molecule has 0 radical (unpaired) electrons. The molecule has 3 unspecified atom stereocenters. The van der Waals surface area contributed by atoms with E-state index in [9.17, 15) is 0 Å². The Balaban J connectivity index is 2.44. The number of ether oxygens (including phenoxy) is 1. The number of rotatable bonds is 5. The summed E-state index contributed by atoms with van der Waals surface area (Å²) in [6.45, 7) is 3.17. The number of aliphatic hydroxyl groups excluding tert-OH is 1. The Hall–Kier alpha value is -0.120. The van der Waals surface area contributed by atoms with Crippen LogP contribution in [0.1, 0.15) is 32.6 Å². The first-order valence-electron chi connectivity index (χ1n) is 5.27. The van der Waals surface area contributed by atoms with Gasteiger partial charge in [0.2, 0.25) is 0 Å². The van der Waals surface area contributed by atoms with Gasteiger partial charge in [-0.1, -0.05) is 6.92 Å². The molecule has 3 nitrogen and oxygen atoms in total. The Morgan fingerprint density at radius 3 is 2.85 bits per heavy atom. The van der Waals surface area contributed by atoms with Gasteiger partial charge in [-0.05, 0) is 25.7 Å². The van der Waals surface area contributed by atoms with Crippen LogP contribution in [0.2, 0.25) is 0 Å². The van der Waals surface area contributed by atoms with Crippen LogP contribution >= 0.6 is 0 Å². The number of aliphatic hydroxyl groups is 1. The third-order valence-electron chi connectivity index (χ3n) is 2.93. The molecule has 1 aliphatic rings. The van der Waals surface area contributed by atoms with Crippen LogP contribution < -0.4 is 5.73 Å². The van der Waals surface area contributed by atoms with Gasteiger partial charge in [0.15, 0.2) is 0 Å². The Labute approximate surface area is 80.3 Å². The SMILES string of the molecule is CCC(N)C(CCO)C1CCCO1. The summed E-state index contributed by atoms with van der Waals surface area (Å²) in [5.74, 6) is 0.345.